The largest absolute Gasteiger partial charge is 0.496 e. The van der Waals surface area contributed by atoms with Crippen LogP contribution in [0.5, 0.6) is 5.75 Å². The Morgan fingerprint density at radius 2 is 1.92 bits per heavy atom. The standard InChI is InChI=1S/C26H22F3N7O3/c1-4-5-20(37)33-14(2)24-35-21(22-23(30)32-10-11-36(22)24)15-6-7-17(18(12-15)39-3)25(38)34-19-13-16(8-9-31-19)26(27,28)29/h6-14H,1-3H3,(H2,30,32)(H,33,37)(H,31,34,38). The number of nitrogen functional groups attached to an aromatic ring is 1. The number of imidazole rings is 1. The van der Waals surface area contributed by atoms with Gasteiger partial charge in [0.05, 0.1) is 24.3 Å². The maximum Gasteiger partial charge on any atom is 0.416 e. The van der Waals surface area contributed by atoms with Crippen molar-refractivity contribution in [2.75, 3.05) is 18.2 Å². The number of aromatic nitrogens is 4. The van der Waals surface area contributed by atoms with E-state index in [1.54, 1.807) is 36.6 Å². The van der Waals surface area contributed by atoms with Gasteiger partial charge >= 0.3 is 6.18 Å². The zero-order chi connectivity index (χ0) is 28.3. The minimum Gasteiger partial charge on any atom is -0.496 e. The van der Waals surface area contributed by atoms with Crippen molar-refractivity contribution in [3.8, 4) is 28.8 Å². The van der Waals surface area contributed by atoms with Crippen molar-refractivity contribution in [1.82, 2.24) is 24.7 Å². The lowest BCUT2D eigenvalue weighted by Gasteiger charge is -2.12. The lowest BCUT2D eigenvalue weighted by Crippen LogP contribution is -2.26. The topological polar surface area (TPSA) is 137 Å². The van der Waals surface area contributed by atoms with E-state index < -0.39 is 29.6 Å². The van der Waals surface area contributed by atoms with Gasteiger partial charge in [0.1, 0.15) is 34.4 Å². The number of benzene rings is 1. The monoisotopic (exact) mass is 537 g/mol. The number of alkyl halides is 3. The number of anilines is 2. The molecule has 10 nitrogen and oxygen atoms in total. The molecule has 4 N–H and O–H groups in total. The first-order chi connectivity index (χ1) is 18.5. The number of hydrogen-bond donors (Lipinski definition) is 3. The molecule has 0 aliphatic carbocycles. The smallest absolute Gasteiger partial charge is 0.416 e. The molecular formula is C26H22F3N7O3. The summed E-state index contributed by atoms with van der Waals surface area (Å²) < 4.78 is 46.2. The first kappa shape index (κ1) is 26.9. The highest BCUT2D eigenvalue weighted by Crippen LogP contribution is 2.34. The Hall–Kier alpha value is -5.12. The van der Waals surface area contributed by atoms with E-state index in [2.05, 4.69) is 32.4 Å². The van der Waals surface area contributed by atoms with Crippen molar-refractivity contribution in [2.45, 2.75) is 26.1 Å². The third-order valence-electron chi connectivity index (χ3n) is 5.63. The zero-order valence-electron chi connectivity index (χ0n) is 20.9. The number of methoxy groups -OCH3 is 1. The summed E-state index contributed by atoms with van der Waals surface area (Å²) in [4.78, 5) is 37.5. The Kier molecular flexibility index (Phi) is 7.39. The molecule has 1 unspecified atom stereocenters. The third-order valence-corrected chi connectivity index (χ3v) is 5.63. The van der Waals surface area contributed by atoms with Crippen LogP contribution in [0.2, 0.25) is 0 Å². The van der Waals surface area contributed by atoms with Gasteiger partial charge in [-0.3, -0.25) is 14.0 Å². The van der Waals surface area contributed by atoms with Crippen LogP contribution in [0.1, 0.15) is 41.6 Å². The van der Waals surface area contributed by atoms with Gasteiger partial charge in [-0.1, -0.05) is 12.0 Å². The van der Waals surface area contributed by atoms with E-state index in [0.29, 0.717) is 22.6 Å². The summed E-state index contributed by atoms with van der Waals surface area (Å²) in [6.45, 7) is 3.29. The Bertz CT molecular complexity index is 1640. The minimum absolute atomic E-state index is 0.0501. The number of amides is 2. The molecule has 200 valence electrons. The molecule has 0 saturated carbocycles. The quantitative estimate of drug-likeness (QED) is 0.318. The van der Waals surface area contributed by atoms with Crippen molar-refractivity contribution in [2.24, 2.45) is 0 Å². The van der Waals surface area contributed by atoms with Gasteiger partial charge < -0.3 is 21.1 Å². The fraction of sp³-hybridized carbons (Fsp3) is 0.192. The number of pyridine rings is 1. The summed E-state index contributed by atoms with van der Waals surface area (Å²) in [5.74, 6) is 4.23. The van der Waals surface area contributed by atoms with Crippen LogP contribution >= 0.6 is 0 Å². The normalized spacial score (nSPS) is 11.8. The SMILES string of the molecule is CC#CC(=O)NC(C)c1nc(-c2ccc(C(=O)Nc3cc(C(F)(F)F)ccn3)c(OC)c2)c2c(N)nccn12. The molecular weight excluding hydrogens is 515 g/mol. The maximum absolute atomic E-state index is 13.0. The summed E-state index contributed by atoms with van der Waals surface area (Å²) in [6, 6.07) is 5.56. The molecule has 4 aromatic rings. The first-order valence-corrected chi connectivity index (χ1v) is 11.4. The maximum atomic E-state index is 13.0. The van der Waals surface area contributed by atoms with E-state index in [1.807, 2.05) is 0 Å². The molecule has 0 saturated heterocycles. The van der Waals surface area contributed by atoms with E-state index in [1.165, 1.54) is 19.4 Å². The first-order valence-electron chi connectivity index (χ1n) is 11.4. The van der Waals surface area contributed by atoms with Crippen molar-refractivity contribution in [3.05, 3.63) is 65.9 Å². The number of ether oxygens (including phenoxy) is 1. The van der Waals surface area contributed by atoms with Crippen LogP contribution in [0.4, 0.5) is 24.8 Å². The second kappa shape index (κ2) is 10.7. The Labute approximate surface area is 220 Å². The van der Waals surface area contributed by atoms with Gasteiger partial charge in [0.15, 0.2) is 0 Å². The van der Waals surface area contributed by atoms with Crippen LogP contribution in [0.15, 0.2) is 48.9 Å². The number of hydrogen-bond acceptors (Lipinski definition) is 7. The summed E-state index contributed by atoms with van der Waals surface area (Å²) in [5, 5.41) is 5.11. The molecule has 0 spiro atoms. The number of halogens is 3. The van der Waals surface area contributed by atoms with Crippen LogP contribution in [0, 0.1) is 11.8 Å². The highest BCUT2D eigenvalue weighted by molar-refractivity contribution is 6.06. The second-order valence-electron chi connectivity index (χ2n) is 8.22. The van der Waals surface area contributed by atoms with Gasteiger partial charge in [0.25, 0.3) is 11.8 Å². The lowest BCUT2D eigenvalue weighted by atomic mass is 10.1. The summed E-state index contributed by atoms with van der Waals surface area (Å²) in [6.07, 6.45) is -0.494. The molecule has 1 atom stereocenters. The number of nitrogens with zero attached hydrogens (tertiary/aromatic N) is 4. The van der Waals surface area contributed by atoms with E-state index in [-0.39, 0.29) is 22.9 Å². The van der Waals surface area contributed by atoms with Gasteiger partial charge in [0.2, 0.25) is 0 Å². The molecule has 39 heavy (non-hydrogen) atoms. The molecule has 0 fully saturated rings. The van der Waals surface area contributed by atoms with Gasteiger partial charge in [-0.05, 0) is 44.0 Å². The third kappa shape index (κ3) is 5.59. The van der Waals surface area contributed by atoms with Crippen LogP contribution in [-0.4, -0.2) is 38.3 Å². The Morgan fingerprint density at radius 1 is 1.15 bits per heavy atom. The molecule has 0 aliphatic heterocycles. The van der Waals surface area contributed by atoms with Crippen LogP contribution in [-0.2, 0) is 11.0 Å². The van der Waals surface area contributed by atoms with E-state index in [9.17, 15) is 22.8 Å². The van der Waals surface area contributed by atoms with Gasteiger partial charge in [-0.2, -0.15) is 13.2 Å². The average molecular weight is 538 g/mol. The van der Waals surface area contributed by atoms with Gasteiger partial charge in [-0.25, -0.2) is 15.0 Å². The van der Waals surface area contributed by atoms with E-state index in [4.69, 9.17) is 15.5 Å². The molecule has 2 amide bonds. The summed E-state index contributed by atoms with van der Waals surface area (Å²) >= 11 is 0. The highest BCUT2D eigenvalue weighted by atomic mass is 19.4. The number of nitrogens with two attached hydrogens (primary N) is 1. The Morgan fingerprint density at radius 3 is 2.62 bits per heavy atom. The molecule has 0 radical (unpaired) electrons. The molecule has 0 bridgehead atoms. The van der Waals surface area contributed by atoms with Crippen LogP contribution < -0.4 is 21.1 Å². The van der Waals surface area contributed by atoms with Crippen LogP contribution in [0.3, 0.4) is 0 Å². The summed E-state index contributed by atoms with van der Waals surface area (Å²) in [7, 11) is 1.34. The fourth-order valence-electron chi connectivity index (χ4n) is 3.89. The zero-order valence-corrected chi connectivity index (χ0v) is 20.9. The number of carbonyl (C=O) groups excluding carboxylic acids is 2. The predicted molar refractivity (Wildman–Crippen MR) is 137 cm³/mol. The Balaban J connectivity index is 1.71. The van der Waals surface area contributed by atoms with Crippen molar-refractivity contribution < 1.29 is 27.5 Å². The van der Waals surface area contributed by atoms with E-state index in [0.717, 1.165) is 18.3 Å². The fourth-order valence-corrected chi connectivity index (χ4v) is 3.89. The molecule has 1 aromatic carbocycles. The summed E-state index contributed by atoms with van der Waals surface area (Å²) in [5.41, 5.74) is 6.65. The molecule has 3 aromatic heterocycles. The number of nitrogens with one attached hydrogen (secondary N) is 2. The van der Waals surface area contributed by atoms with Crippen molar-refractivity contribution >= 4 is 29.0 Å². The average Bonchev–Trinajstić information content (AvgIpc) is 3.29. The second-order valence-corrected chi connectivity index (χ2v) is 8.22. The van der Waals surface area contributed by atoms with Crippen molar-refractivity contribution in [3.63, 3.8) is 0 Å². The number of rotatable bonds is 6. The van der Waals surface area contributed by atoms with Crippen LogP contribution in [0.25, 0.3) is 16.8 Å². The van der Waals surface area contributed by atoms with Crippen molar-refractivity contribution in [1.29, 1.82) is 0 Å². The van der Waals surface area contributed by atoms with Gasteiger partial charge in [0, 0.05) is 24.2 Å². The number of carbonyl (C=O) groups is 2. The van der Waals surface area contributed by atoms with E-state index >= 15 is 0 Å². The highest BCUT2D eigenvalue weighted by Gasteiger charge is 2.31. The molecule has 0 aliphatic rings. The minimum atomic E-state index is -4.59. The molecule has 3 heterocycles. The lowest BCUT2D eigenvalue weighted by molar-refractivity contribution is -0.137. The molecule has 4 rings (SSSR count). The predicted octanol–water partition coefficient (Wildman–Crippen LogP) is 3.85. The molecule has 13 heteroatoms. The van der Waals surface area contributed by atoms with Gasteiger partial charge in [-0.15, -0.1) is 0 Å². The number of fused-ring (bicyclic) bond motifs is 1.